The smallest absolute Gasteiger partial charge is 0.238 e. The fourth-order valence-electron chi connectivity index (χ4n) is 2.66. The average Bonchev–Trinajstić information content (AvgIpc) is 2.90. The van der Waals surface area contributed by atoms with Crippen LogP contribution in [0, 0.1) is 0 Å². The molecule has 24 heavy (non-hydrogen) atoms. The second kappa shape index (κ2) is 8.75. The van der Waals surface area contributed by atoms with E-state index in [1.54, 1.807) is 0 Å². The maximum atomic E-state index is 12.6. The Bertz CT molecular complexity index is 637. The normalized spacial score (nSPS) is 17.9. The number of anilines is 1. The van der Waals surface area contributed by atoms with E-state index >= 15 is 0 Å². The highest BCUT2D eigenvalue weighted by Gasteiger charge is 2.34. The summed E-state index contributed by atoms with van der Waals surface area (Å²) in [6.07, 6.45) is 7.26. The number of amides is 1. The van der Waals surface area contributed by atoms with Crippen molar-refractivity contribution >= 4 is 32.2 Å². The molecule has 0 bridgehead atoms. The molecule has 1 unspecified atom stereocenters. The molecular formula is C15H26N4O3S2. The number of nitrogens with zero attached hydrogens (tertiary/aromatic N) is 2. The van der Waals surface area contributed by atoms with Crippen molar-refractivity contribution in [1.29, 1.82) is 0 Å². The lowest BCUT2D eigenvalue weighted by Crippen LogP contribution is -2.43. The molecule has 136 valence electrons. The fraction of sp³-hybridized carbons (Fsp3) is 0.800. The van der Waals surface area contributed by atoms with Crippen LogP contribution < -0.4 is 10.6 Å². The van der Waals surface area contributed by atoms with E-state index < -0.39 is 21.0 Å². The summed E-state index contributed by atoms with van der Waals surface area (Å²) in [5.74, 6) is -0.444. The van der Waals surface area contributed by atoms with Crippen LogP contribution in [0.2, 0.25) is 0 Å². The molecule has 1 aliphatic rings. The topological polar surface area (TPSA) is 101 Å². The summed E-state index contributed by atoms with van der Waals surface area (Å²) in [4.78, 5) is 12.4. The van der Waals surface area contributed by atoms with E-state index in [4.69, 9.17) is 0 Å². The lowest BCUT2D eigenvalue weighted by atomic mass is 10.1. The zero-order valence-electron chi connectivity index (χ0n) is 14.2. The Morgan fingerprint density at radius 2 is 1.92 bits per heavy atom. The van der Waals surface area contributed by atoms with Gasteiger partial charge in [-0.25, -0.2) is 8.42 Å². The number of aromatic nitrogens is 2. The second-order valence-electron chi connectivity index (χ2n) is 6.18. The first kappa shape index (κ1) is 19.1. The maximum absolute atomic E-state index is 12.6. The van der Waals surface area contributed by atoms with Crippen LogP contribution in [0.3, 0.4) is 0 Å². The van der Waals surface area contributed by atoms with Gasteiger partial charge < -0.3 is 10.6 Å². The van der Waals surface area contributed by atoms with Crippen LogP contribution in [0.5, 0.6) is 0 Å². The van der Waals surface area contributed by atoms with Crippen LogP contribution in [0.25, 0.3) is 0 Å². The Hall–Kier alpha value is -1.22. The van der Waals surface area contributed by atoms with Gasteiger partial charge in [-0.3, -0.25) is 4.79 Å². The number of hydrogen-bond acceptors (Lipinski definition) is 7. The summed E-state index contributed by atoms with van der Waals surface area (Å²) < 4.78 is 25.1. The standard InChI is InChI=1S/C15H26N4O3S2/c1-3-10-16-14-18-19-15(23-14)24(21,22)11(2)13(20)17-12-8-6-4-5-7-9-12/h11-12H,3-10H2,1-2H3,(H,16,18)(H,17,20). The number of rotatable bonds is 7. The molecule has 1 amide bonds. The molecule has 9 heteroatoms. The summed E-state index contributed by atoms with van der Waals surface area (Å²) >= 11 is 0.974. The summed E-state index contributed by atoms with van der Waals surface area (Å²) in [5, 5.41) is 12.8. The van der Waals surface area contributed by atoms with E-state index in [0.29, 0.717) is 11.7 Å². The zero-order chi connectivity index (χ0) is 17.6. The minimum Gasteiger partial charge on any atom is -0.360 e. The van der Waals surface area contributed by atoms with Crippen molar-refractivity contribution in [3.63, 3.8) is 0 Å². The number of carbonyl (C=O) groups is 1. The molecule has 0 aliphatic heterocycles. The van der Waals surface area contributed by atoms with Crippen molar-refractivity contribution < 1.29 is 13.2 Å². The number of nitrogens with one attached hydrogen (secondary N) is 2. The van der Waals surface area contributed by atoms with Gasteiger partial charge in [0.25, 0.3) is 0 Å². The van der Waals surface area contributed by atoms with E-state index in [1.807, 2.05) is 6.92 Å². The highest BCUT2D eigenvalue weighted by atomic mass is 32.2. The molecule has 1 aromatic rings. The maximum Gasteiger partial charge on any atom is 0.238 e. The van der Waals surface area contributed by atoms with Crippen LogP contribution in [-0.4, -0.2) is 42.4 Å². The summed E-state index contributed by atoms with van der Waals surface area (Å²) in [6.45, 7) is 4.12. The lowest BCUT2D eigenvalue weighted by Gasteiger charge is -2.18. The molecule has 1 atom stereocenters. The number of hydrogen-bond donors (Lipinski definition) is 2. The Labute approximate surface area is 147 Å². The summed E-state index contributed by atoms with van der Waals surface area (Å²) in [6, 6.07) is 0.0776. The fourth-order valence-corrected chi connectivity index (χ4v) is 5.11. The molecule has 2 rings (SSSR count). The van der Waals surface area contributed by atoms with E-state index in [2.05, 4.69) is 20.8 Å². The second-order valence-corrected chi connectivity index (χ2v) is 9.60. The van der Waals surface area contributed by atoms with Crippen molar-refractivity contribution in [3.8, 4) is 0 Å². The molecule has 1 aromatic heterocycles. The van der Waals surface area contributed by atoms with E-state index in [1.165, 1.54) is 19.8 Å². The molecule has 0 saturated heterocycles. The van der Waals surface area contributed by atoms with Crippen LogP contribution in [0.1, 0.15) is 58.8 Å². The van der Waals surface area contributed by atoms with Gasteiger partial charge in [0.15, 0.2) is 0 Å². The SMILES string of the molecule is CCCNc1nnc(S(=O)(=O)C(C)C(=O)NC2CCCCCC2)s1. The van der Waals surface area contributed by atoms with Gasteiger partial charge in [-0.1, -0.05) is 43.9 Å². The zero-order valence-corrected chi connectivity index (χ0v) is 15.9. The molecule has 1 saturated carbocycles. The van der Waals surface area contributed by atoms with Gasteiger partial charge in [0.1, 0.15) is 5.25 Å². The Morgan fingerprint density at radius 3 is 2.54 bits per heavy atom. The third kappa shape index (κ3) is 4.89. The van der Waals surface area contributed by atoms with Crippen LogP contribution >= 0.6 is 11.3 Å². The van der Waals surface area contributed by atoms with Crippen LogP contribution in [-0.2, 0) is 14.6 Å². The van der Waals surface area contributed by atoms with E-state index in [0.717, 1.165) is 43.4 Å². The van der Waals surface area contributed by atoms with E-state index in [9.17, 15) is 13.2 Å². The minimum atomic E-state index is -3.81. The van der Waals surface area contributed by atoms with Crippen molar-refractivity contribution in [3.05, 3.63) is 0 Å². The van der Waals surface area contributed by atoms with E-state index in [-0.39, 0.29) is 10.4 Å². The first-order chi connectivity index (χ1) is 11.4. The third-order valence-electron chi connectivity index (χ3n) is 4.21. The van der Waals surface area contributed by atoms with Crippen molar-refractivity contribution in [2.75, 3.05) is 11.9 Å². The number of sulfone groups is 1. The molecule has 0 spiro atoms. The van der Waals surface area contributed by atoms with Gasteiger partial charge in [-0.15, -0.1) is 10.2 Å². The average molecular weight is 375 g/mol. The molecule has 2 N–H and O–H groups in total. The molecular weight excluding hydrogens is 348 g/mol. The number of carbonyl (C=O) groups excluding carboxylic acids is 1. The molecule has 1 heterocycles. The molecule has 0 aromatic carbocycles. The molecule has 1 aliphatic carbocycles. The predicted octanol–water partition coefficient (Wildman–Crippen LogP) is 2.36. The first-order valence-electron chi connectivity index (χ1n) is 8.56. The van der Waals surface area contributed by atoms with Gasteiger partial charge in [0, 0.05) is 12.6 Å². The summed E-state index contributed by atoms with van der Waals surface area (Å²) in [5.41, 5.74) is 0. The lowest BCUT2D eigenvalue weighted by molar-refractivity contribution is -0.121. The van der Waals surface area contributed by atoms with Crippen molar-refractivity contribution in [1.82, 2.24) is 15.5 Å². The van der Waals surface area contributed by atoms with Crippen molar-refractivity contribution in [2.24, 2.45) is 0 Å². The molecule has 0 radical (unpaired) electrons. The monoisotopic (exact) mass is 374 g/mol. The minimum absolute atomic E-state index is 0.0776. The van der Waals surface area contributed by atoms with Gasteiger partial charge >= 0.3 is 0 Å². The van der Waals surface area contributed by atoms with Gasteiger partial charge in [-0.05, 0) is 26.2 Å². The largest absolute Gasteiger partial charge is 0.360 e. The quantitative estimate of drug-likeness (QED) is 0.711. The van der Waals surface area contributed by atoms with Crippen molar-refractivity contribution in [2.45, 2.75) is 74.4 Å². The Morgan fingerprint density at radius 1 is 1.25 bits per heavy atom. The van der Waals surface area contributed by atoms with Gasteiger partial charge in [0.2, 0.25) is 25.2 Å². The predicted molar refractivity (Wildman–Crippen MR) is 95.0 cm³/mol. The van der Waals surface area contributed by atoms with Gasteiger partial charge in [0.05, 0.1) is 0 Å². The highest BCUT2D eigenvalue weighted by Crippen LogP contribution is 2.24. The third-order valence-corrected chi connectivity index (χ3v) is 7.55. The van der Waals surface area contributed by atoms with Gasteiger partial charge in [-0.2, -0.15) is 0 Å². The highest BCUT2D eigenvalue weighted by molar-refractivity contribution is 7.94. The Kier molecular flexibility index (Phi) is 6.97. The first-order valence-corrected chi connectivity index (χ1v) is 10.9. The van der Waals surface area contributed by atoms with Crippen LogP contribution in [0.4, 0.5) is 5.13 Å². The Balaban J connectivity index is 2.01. The van der Waals surface area contributed by atoms with Crippen LogP contribution in [0.15, 0.2) is 4.34 Å². The summed E-state index contributed by atoms with van der Waals surface area (Å²) in [7, 11) is -3.81. The molecule has 7 nitrogen and oxygen atoms in total. The molecule has 1 fully saturated rings.